The Hall–Kier alpha value is -1.26. The van der Waals surface area contributed by atoms with Crippen molar-refractivity contribution in [1.29, 1.82) is 0 Å². The van der Waals surface area contributed by atoms with Gasteiger partial charge in [-0.25, -0.2) is 0 Å². The highest BCUT2D eigenvalue weighted by Gasteiger charge is 2.06. The summed E-state index contributed by atoms with van der Waals surface area (Å²) in [5.74, 6) is 1.93. The van der Waals surface area contributed by atoms with Crippen LogP contribution in [0.1, 0.15) is 17.1 Å². The van der Waals surface area contributed by atoms with E-state index >= 15 is 0 Å². The first-order valence-electron chi connectivity index (χ1n) is 5.82. The number of rotatable bonds is 4. The lowest BCUT2D eigenvalue weighted by Gasteiger charge is -2.15. The summed E-state index contributed by atoms with van der Waals surface area (Å²) in [5.41, 5.74) is 7.79. The van der Waals surface area contributed by atoms with Gasteiger partial charge in [-0.3, -0.25) is 4.90 Å². The molecule has 1 heterocycles. The zero-order chi connectivity index (χ0) is 13.1. The number of furan rings is 1. The molecule has 1 aromatic heterocycles. The van der Waals surface area contributed by atoms with Gasteiger partial charge in [0.2, 0.25) is 0 Å². The second-order valence-corrected chi connectivity index (χ2v) is 5.49. The SMILES string of the molecule is Cc1ccc(CN(C)Cc2cc(N)cc(Br)c2)o1. The van der Waals surface area contributed by atoms with Crippen molar-refractivity contribution < 1.29 is 4.42 Å². The van der Waals surface area contributed by atoms with Crippen molar-refractivity contribution in [2.24, 2.45) is 0 Å². The Labute approximate surface area is 116 Å². The summed E-state index contributed by atoms with van der Waals surface area (Å²) in [6, 6.07) is 9.98. The molecule has 0 aliphatic rings. The van der Waals surface area contributed by atoms with E-state index in [2.05, 4.69) is 33.9 Å². The maximum absolute atomic E-state index is 5.82. The van der Waals surface area contributed by atoms with Crippen LogP contribution in [-0.4, -0.2) is 11.9 Å². The molecule has 2 N–H and O–H groups in total. The van der Waals surface area contributed by atoms with E-state index in [4.69, 9.17) is 10.2 Å². The Morgan fingerprint density at radius 1 is 1.22 bits per heavy atom. The summed E-state index contributed by atoms with van der Waals surface area (Å²) >= 11 is 3.46. The van der Waals surface area contributed by atoms with Gasteiger partial charge in [0.05, 0.1) is 6.54 Å². The minimum absolute atomic E-state index is 0.779. The molecule has 0 aliphatic carbocycles. The van der Waals surface area contributed by atoms with Crippen molar-refractivity contribution in [2.75, 3.05) is 12.8 Å². The predicted octanol–water partition coefficient (Wildman–Crippen LogP) is 3.56. The molecule has 3 nitrogen and oxygen atoms in total. The number of nitrogens with two attached hydrogens (primary N) is 1. The zero-order valence-corrected chi connectivity index (χ0v) is 12.2. The smallest absolute Gasteiger partial charge is 0.118 e. The summed E-state index contributed by atoms with van der Waals surface area (Å²) in [5, 5.41) is 0. The number of halogens is 1. The molecule has 0 radical (unpaired) electrons. The van der Waals surface area contributed by atoms with E-state index in [0.717, 1.165) is 34.8 Å². The Morgan fingerprint density at radius 2 is 2.00 bits per heavy atom. The number of nitrogen functional groups attached to an aromatic ring is 1. The van der Waals surface area contributed by atoms with Crippen molar-refractivity contribution in [2.45, 2.75) is 20.0 Å². The Balaban J connectivity index is 2.00. The standard InChI is InChI=1S/C14H17BrN2O/c1-10-3-4-14(18-10)9-17(2)8-11-5-12(15)7-13(16)6-11/h3-7H,8-9,16H2,1-2H3. The first-order valence-corrected chi connectivity index (χ1v) is 6.61. The highest BCUT2D eigenvalue weighted by Crippen LogP contribution is 2.19. The van der Waals surface area contributed by atoms with Gasteiger partial charge in [-0.15, -0.1) is 0 Å². The topological polar surface area (TPSA) is 42.4 Å². The molecule has 18 heavy (non-hydrogen) atoms. The molecule has 0 aliphatic heterocycles. The molecule has 96 valence electrons. The van der Waals surface area contributed by atoms with Crippen LogP contribution >= 0.6 is 15.9 Å². The quantitative estimate of drug-likeness (QED) is 0.878. The van der Waals surface area contributed by atoms with Gasteiger partial charge in [-0.1, -0.05) is 15.9 Å². The summed E-state index contributed by atoms with van der Waals surface area (Å²) in [4.78, 5) is 2.19. The van der Waals surface area contributed by atoms with E-state index in [1.165, 1.54) is 5.56 Å². The molecule has 0 saturated heterocycles. The maximum atomic E-state index is 5.82. The van der Waals surface area contributed by atoms with E-state index in [-0.39, 0.29) is 0 Å². The molecule has 0 spiro atoms. The van der Waals surface area contributed by atoms with Gasteiger partial charge < -0.3 is 10.2 Å². The van der Waals surface area contributed by atoms with Crippen molar-refractivity contribution in [3.63, 3.8) is 0 Å². The van der Waals surface area contributed by atoms with Crippen LogP contribution in [0.4, 0.5) is 5.69 Å². The number of hydrogen-bond acceptors (Lipinski definition) is 3. The second-order valence-electron chi connectivity index (χ2n) is 4.58. The lowest BCUT2D eigenvalue weighted by molar-refractivity contribution is 0.285. The number of anilines is 1. The van der Waals surface area contributed by atoms with E-state index in [0.29, 0.717) is 0 Å². The van der Waals surface area contributed by atoms with E-state index < -0.39 is 0 Å². The average Bonchev–Trinajstić information content (AvgIpc) is 2.61. The Kier molecular flexibility index (Phi) is 4.09. The van der Waals surface area contributed by atoms with E-state index in [1.807, 2.05) is 31.2 Å². The van der Waals surface area contributed by atoms with Gasteiger partial charge in [0, 0.05) is 16.7 Å². The minimum atomic E-state index is 0.779. The third kappa shape index (κ3) is 3.62. The number of aryl methyl sites for hydroxylation is 1. The zero-order valence-electron chi connectivity index (χ0n) is 10.6. The molecule has 0 unspecified atom stereocenters. The highest BCUT2D eigenvalue weighted by atomic mass is 79.9. The highest BCUT2D eigenvalue weighted by molar-refractivity contribution is 9.10. The fourth-order valence-electron chi connectivity index (χ4n) is 1.97. The molecule has 0 bridgehead atoms. The van der Waals surface area contributed by atoms with Gasteiger partial charge in [-0.05, 0) is 49.9 Å². The molecule has 0 fully saturated rings. The van der Waals surface area contributed by atoms with Gasteiger partial charge in [0.15, 0.2) is 0 Å². The Bertz CT molecular complexity index is 516. The third-order valence-corrected chi connectivity index (χ3v) is 3.11. The van der Waals surface area contributed by atoms with Gasteiger partial charge in [0.1, 0.15) is 11.5 Å². The molecule has 4 heteroatoms. The summed E-state index contributed by atoms with van der Waals surface area (Å²) in [6.07, 6.45) is 0. The molecule has 0 amide bonds. The largest absolute Gasteiger partial charge is 0.465 e. The first kappa shape index (κ1) is 13.2. The summed E-state index contributed by atoms with van der Waals surface area (Å²) in [7, 11) is 2.06. The number of benzene rings is 1. The third-order valence-electron chi connectivity index (χ3n) is 2.65. The number of hydrogen-bond donors (Lipinski definition) is 1. The van der Waals surface area contributed by atoms with Crippen LogP contribution in [0.5, 0.6) is 0 Å². The lowest BCUT2D eigenvalue weighted by Crippen LogP contribution is -2.16. The van der Waals surface area contributed by atoms with Gasteiger partial charge >= 0.3 is 0 Å². The van der Waals surface area contributed by atoms with Crippen LogP contribution in [0.15, 0.2) is 39.2 Å². The molecular formula is C14H17BrN2O. The molecule has 0 atom stereocenters. The molecule has 1 aromatic carbocycles. The fraction of sp³-hybridized carbons (Fsp3) is 0.286. The maximum Gasteiger partial charge on any atom is 0.118 e. The summed E-state index contributed by atoms with van der Waals surface area (Å²) < 4.78 is 6.58. The van der Waals surface area contributed by atoms with Crippen LogP contribution < -0.4 is 5.73 Å². The van der Waals surface area contributed by atoms with Crippen molar-refractivity contribution in [3.8, 4) is 0 Å². The molecular weight excluding hydrogens is 292 g/mol. The lowest BCUT2D eigenvalue weighted by atomic mass is 10.2. The monoisotopic (exact) mass is 308 g/mol. The van der Waals surface area contributed by atoms with E-state index in [1.54, 1.807) is 0 Å². The normalized spacial score (nSPS) is 11.1. The first-order chi connectivity index (χ1) is 8.52. The van der Waals surface area contributed by atoms with Crippen molar-refractivity contribution in [3.05, 3.63) is 51.9 Å². The van der Waals surface area contributed by atoms with Crippen molar-refractivity contribution in [1.82, 2.24) is 4.90 Å². The van der Waals surface area contributed by atoms with Crippen LogP contribution in [0.3, 0.4) is 0 Å². The van der Waals surface area contributed by atoms with Crippen LogP contribution in [0.2, 0.25) is 0 Å². The molecule has 0 saturated carbocycles. The fourth-order valence-corrected chi connectivity index (χ4v) is 2.53. The Morgan fingerprint density at radius 3 is 2.61 bits per heavy atom. The van der Waals surface area contributed by atoms with Crippen LogP contribution in [0.25, 0.3) is 0 Å². The molecule has 2 aromatic rings. The van der Waals surface area contributed by atoms with Crippen LogP contribution in [-0.2, 0) is 13.1 Å². The van der Waals surface area contributed by atoms with Gasteiger partial charge in [-0.2, -0.15) is 0 Å². The molecule has 2 rings (SSSR count). The average molecular weight is 309 g/mol. The second kappa shape index (κ2) is 5.59. The minimum Gasteiger partial charge on any atom is -0.465 e. The van der Waals surface area contributed by atoms with Gasteiger partial charge in [0.25, 0.3) is 0 Å². The van der Waals surface area contributed by atoms with Crippen molar-refractivity contribution >= 4 is 21.6 Å². The predicted molar refractivity (Wildman–Crippen MR) is 77.2 cm³/mol. The van der Waals surface area contributed by atoms with E-state index in [9.17, 15) is 0 Å². The van der Waals surface area contributed by atoms with Crippen LogP contribution in [0, 0.1) is 6.92 Å². The summed E-state index contributed by atoms with van der Waals surface area (Å²) in [6.45, 7) is 3.59. The number of nitrogens with zero attached hydrogens (tertiary/aromatic N) is 1.